The predicted molar refractivity (Wildman–Crippen MR) is 118 cm³/mol. The number of benzene rings is 2. The number of carbonyl (C=O) groups excluding carboxylic acids is 1. The van der Waals surface area contributed by atoms with Crippen molar-refractivity contribution in [2.24, 2.45) is 0 Å². The van der Waals surface area contributed by atoms with Gasteiger partial charge in [-0.2, -0.15) is 5.10 Å². The van der Waals surface area contributed by atoms with E-state index < -0.39 is 0 Å². The number of nitrogens with zero attached hydrogens (tertiary/aromatic N) is 2. The summed E-state index contributed by atoms with van der Waals surface area (Å²) in [5.41, 5.74) is 4.21. The Kier molecular flexibility index (Phi) is 7.06. The van der Waals surface area contributed by atoms with Gasteiger partial charge < -0.3 is 9.47 Å². The molecule has 3 rings (SSSR count). The van der Waals surface area contributed by atoms with Gasteiger partial charge in [-0.3, -0.25) is 0 Å². The molecule has 0 aliphatic carbocycles. The lowest BCUT2D eigenvalue weighted by atomic mass is 9.83. The fourth-order valence-corrected chi connectivity index (χ4v) is 3.52. The average Bonchev–Trinajstić information content (AvgIpc) is 3.19. The molecule has 5 heteroatoms. The Morgan fingerprint density at radius 1 is 1.10 bits per heavy atom. The molecule has 1 heterocycles. The van der Waals surface area contributed by atoms with Crippen molar-refractivity contribution < 1.29 is 14.3 Å². The van der Waals surface area contributed by atoms with E-state index in [1.54, 1.807) is 6.20 Å². The van der Waals surface area contributed by atoms with E-state index in [4.69, 9.17) is 9.47 Å². The van der Waals surface area contributed by atoms with E-state index in [9.17, 15) is 4.79 Å². The number of carbonyl (C=O) groups is 1. The minimum absolute atomic E-state index is 0.328. The summed E-state index contributed by atoms with van der Waals surface area (Å²) < 4.78 is 13.1. The highest BCUT2D eigenvalue weighted by molar-refractivity contribution is 5.91. The summed E-state index contributed by atoms with van der Waals surface area (Å²) in [5, 5.41) is 4.55. The maximum absolute atomic E-state index is 12.6. The van der Waals surface area contributed by atoms with Crippen molar-refractivity contribution in [3.8, 4) is 5.69 Å². The van der Waals surface area contributed by atoms with Crippen molar-refractivity contribution in [1.82, 2.24) is 9.78 Å². The number of aromatic nitrogens is 2. The lowest BCUT2D eigenvalue weighted by Gasteiger charge is -2.27. The first-order valence-electron chi connectivity index (χ1n) is 10.4. The molecule has 0 spiro atoms. The summed E-state index contributed by atoms with van der Waals surface area (Å²) in [6, 6.07) is 18.2. The standard InChI is InChI=1S/C25H30N2O3/c1-5-30-24(28)22-17-26-27(21-13-9-10-19(2)16-21)23(22)25(3,4)14-15-29-18-20-11-7-6-8-12-20/h6-13,16-17H,5,14-15,18H2,1-4H3. The second kappa shape index (κ2) is 9.72. The van der Waals surface area contributed by atoms with E-state index in [1.807, 2.05) is 54.9 Å². The zero-order valence-corrected chi connectivity index (χ0v) is 18.2. The average molecular weight is 407 g/mol. The van der Waals surface area contributed by atoms with Gasteiger partial charge in [0.15, 0.2) is 0 Å². The van der Waals surface area contributed by atoms with Gasteiger partial charge in [-0.15, -0.1) is 0 Å². The zero-order chi connectivity index (χ0) is 21.6. The maximum atomic E-state index is 12.6. The highest BCUT2D eigenvalue weighted by Crippen LogP contribution is 2.32. The van der Waals surface area contributed by atoms with E-state index in [0.29, 0.717) is 25.4 Å². The van der Waals surface area contributed by atoms with Gasteiger partial charge in [-0.05, 0) is 43.5 Å². The summed E-state index contributed by atoms with van der Waals surface area (Å²) >= 11 is 0. The molecule has 1 aromatic heterocycles. The molecular weight excluding hydrogens is 376 g/mol. The number of ether oxygens (including phenoxy) is 2. The van der Waals surface area contributed by atoms with Crippen molar-refractivity contribution >= 4 is 5.97 Å². The molecule has 0 amide bonds. The summed E-state index contributed by atoms with van der Waals surface area (Å²) in [5.74, 6) is -0.343. The highest BCUT2D eigenvalue weighted by Gasteiger charge is 2.32. The molecule has 0 aliphatic heterocycles. The van der Waals surface area contributed by atoms with E-state index >= 15 is 0 Å². The quantitative estimate of drug-likeness (QED) is 0.360. The Balaban J connectivity index is 1.84. The Labute approximate surface area is 178 Å². The van der Waals surface area contributed by atoms with Crippen LogP contribution in [0.3, 0.4) is 0 Å². The van der Waals surface area contributed by atoms with Crippen molar-refractivity contribution in [3.05, 3.63) is 83.2 Å². The van der Waals surface area contributed by atoms with Crippen molar-refractivity contribution in [3.63, 3.8) is 0 Å². The SMILES string of the molecule is CCOC(=O)c1cnn(-c2cccc(C)c2)c1C(C)(C)CCOCc1ccccc1. The molecule has 0 saturated carbocycles. The molecular formula is C25H30N2O3. The first-order chi connectivity index (χ1) is 14.4. The number of hydrogen-bond acceptors (Lipinski definition) is 4. The van der Waals surface area contributed by atoms with E-state index in [-0.39, 0.29) is 11.4 Å². The molecule has 2 aromatic carbocycles. The minimum Gasteiger partial charge on any atom is -0.462 e. The smallest absolute Gasteiger partial charge is 0.341 e. The zero-order valence-electron chi connectivity index (χ0n) is 18.2. The second-order valence-electron chi connectivity index (χ2n) is 8.05. The summed E-state index contributed by atoms with van der Waals surface area (Å²) in [6.07, 6.45) is 2.35. The van der Waals surface area contributed by atoms with Gasteiger partial charge in [0, 0.05) is 12.0 Å². The molecule has 0 bridgehead atoms. The monoisotopic (exact) mass is 406 g/mol. The molecule has 158 valence electrons. The van der Waals surface area contributed by atoms with Crippen LogP contribution in [0.1, 0.15) is 54.4 Å². The maximum Gasteiger partial charge on any atom is 0.341 e. The Morgan fingerprint density at radius 2 is 1.87 bits per heavy atom. The molecule has 0 N–H and O–H groups in total. The molecule has 3 aromatic rings. The van der Waals surface area contributed by atoms with Crippen LogP contribution in [0.15, 0.2) is 60.8 Å². The minimum atomic E-state index is -0.348. The largest absolute Gasteiger partial charge is 0.462 e. The normalized spacial score (nSPS) is 11.5. The third-order valence-corrected chi connectivity index (χ3v) is 5.13. The molecule has 5 nitrogen and oxygen atoms in total. The van der Waals surface area contributed by atoms with Gasteiger partial charge in [0.2, 0.25) is 0 Å². The summed E-state index contributed by atoms with van der Waals surface area (Å²) in [7, 11) is 0. The number of hydrogen-bond donors (Lipinski definition) is 0. The summed E-state index contributed by atoms with van der Waals surface area (Å²) in [6.45, 7) is 9.55. The highest BCUT2D eigenvalue weighted by atomic mass is 16.5. The van der Waals surface area contributed by atoms with Crippen LogP contribution in [0.25, 0.3) is 5.69 Å². The van der Waals surface area contributed by atoms with Crippen LogP contribution in [0.4, 0.5) is 0 Å². The van der Waals surface area contributed by atoms with Crippen LogP contribution in [0.5, 0.6) is 0 Å². The number of rotatable bonds is 9. The molecule has 0 aliphatic rings. The number of esters is 1. The van der Waals surface area contributed by atoms with Gasteiger partial charge in [-0.25, -0.2) is 9.48 Å². The molecule has 0 unspecified atom stereocenters. The van der Waals surface area contributed by atoms with Gasteiger partial charge in [0.1, 0.15) is 5.56 Å². The fourth-order valence-electron chi connectivity index (χ4n) is 3.52. The van der Waals surface area contributed by atoms with E-state index in [0.717, 1.165) is 28.9 Å². The Bertz CT molecular complexity index is 977. The summed E-state index contributed by atoms with van der Waals surface area (Å²) in [4.78, 5) is 12.6. The topological polar surface area (TPSA) is 53.3 Å². The van der Waals surface area contributed by atoms with Gasteiger partial charge in [0.05, 0.1) is 30.8 Å². The molecule has 0 saturated heterocycles. The van der Waals surface area contributed by atoms with Crippen LogP contribution < -0.4 is 0 Å². The molecule has 0 radical (unpaired) electrons. The predicted octanol–water partition coefficient (Wildman–Crippen LogP) is 5.24. The van der Waals surface area contributed by atoms with Gasteiger partial charge in [0.25, 0.3) is 0 Å². The van der Waals surface area contributed by atoms with Crippen molar-refractivity contribution in [1.29, 1.82) is 0 Å². The Morgan fingerprint density at radius 3 is 2.57 bits per heavy atom. The van der Waals surface area contributed by atoms with Crippen molar-refractivity contribution in [2.75, 3.05) is 13.2 Å². The number of aryl methyl sites for hydroxylation is 1. The van der Waals surface area contributed by atoms with Gasteiger partial charge >= 0.3 is 5.97 Å². The van der Waals surface area contributed by atoms with E-state index in [1.165, 1.54) is 0 Å². The molecule has 0 atom stereocenters. The molecule has 30 heavy (non-hydrogen) atoms. The molecule has 0 fully saturated rings. The first-order valence-corrected chi connectivity index (χ1v) is 10.4. The third-order valence-electron chi connectivity index (χ3n) is 5.13. The first kappa shape index (κ1) is 21.8. The van der Waals surface area contributed by atoms with E-state index in [2.05, 4.69) is 37.1 Å². The lowest BCUT2D eigenvalue weighted by Crippen LogP contribution is -2.26. The van der Waals surface area contributed by atoms with Crippen LogP contribution in [0.2, 0.25) is 0 Å². The van der Waals surface area contributed by atoms with Crippen molar-refractivity contribution in [2.45, 2.75) is 46.1 Å². The van der Waals surface area contributed by atoms with Crippen LogP contribution in [0, 0.1) is 6.92 Å². The lowest BCUT2D eigenvalue weighted by molar-refractivity contribution is 0.0521. The fraction of sp³-hybridized carbons (Fsp3) is 0.360. The van der Waals surface area contributed by atoms with Crippen LogP contribution in [-0.4, -0.2) is 29.0 Å². The van der Waals surface area contributed by atoms with Crippen LogP contribution in [-0.2, 0) is 21.5 Å². The second-order valence-corrected chi connectivity index (χ2v) is 8.05. The third kappa shape index (κ3) is 5.16. The van der Waals surface area contributed by atoms with Gasteiger partial charge in [-0.1, -0.05) is 56.3 Å². The van der Waals surface area contributed by atoms with Crippen LogP contribution >= 0.6 is 0 Å². The Hall–Kier alpha value is -2.92.